The molecule has 0 radical (unpaired) electrons. The molecule has 3 rings (SSSR count). The molecule has 0 spiro atoms. The molecule has 1 aliphatic heterocycles. The molecular formula is C22H21IN2O5S. The number of anilines is 1. The van der Waals surface area contributed by atoms with Crippen molar-refractivity contribution in [3.8, 4) is 17.2 Å². The molecule has 2 aromatic carbocycles. The van der Waals surface area contributed by atoms with Gasteiger partial charge in [-0.25, -0.2) is 0 Å². The van der Waals surface area contributed by atoms with Crippen molar-refractivity contribution in [2.24, 2.45) is 0 Å². The summed E-state index contributed by atoms with van der Waals surface area (Å²) >= 11 is 7.37. The van der Waals surface area contributed by atoms with Gasteiger partial charge in [0.1, 0.15) is 11.3 Å². The van der Waals surface area contributed by atoms with Crippen molar-refractivity contribution in [2.45, 2.75) is 13.8 Å². The zero-order valence-electron chi connectivity index (χ0n) is 17.2. The minimum Gasteiger partial charge on any atom is -0.494 e. The normalized spacial score (nSPS) is 15.2. The molecular weight excluding hydrogens is 531 g/mol. The van der Waals surface area contributed by atoms with E-state index in [2.05, 4.69) is 27.9 Å². The highest BCUT2D eigenvalue weighted by atomic mass is 127. The van der Waals surface area contributed by atoms with Crippen LogP contribution in [0.3, 0.4) is 0 Å². The molecule has 1 N–H and O–H groups in total. The quantitative estimate of drug-likeness (QED) is 0.243. The second-order valence-electron chi connectivity index (χ2n) is 6.35. The lowest BCUT2D eigenvalue weighted by atomic mass is 10.1. The van der Waals surface area contributed by atoms with Gasteiger partial charge in [-0.2, -0.15) is 0 Å². The van der Waals surface area contributed by atoms with Gasteiger partial charge in [0.25, 0.3) is 11.8 Å². The van der Waals surface area contributed by atoms with Gasteiger partial charge in [-0.05, 0) is 96.7 Å². The highest BCUT2D eigenvalue weighted by molar-refractivity contribution is 14.1. The molecule has 0 aliphatic carbocycles. The number of carbonyl (C=O) groups excluding carboxylic acids is 2. The summed E-state index contributed by atoms with van der Waals surface area (Å²) in [7, 11) is 1.54. The molecule has 1 aliphatic rings. The number of ether oxygens (including phenoxy) is 3. The maximum absolute atomic E-state index is 13.2. The van der Waals surface area contributed by atoms with Crippen LogP contribution in [0.5, 0.6) is 17.2 Å². The standard InChI is InChI=1S/C22H21IN2O5S/c1-4-29-15-8-6-14(7-9-15)25-21(27)16(20(26)24-22(25)31)10-13-11-17(23)19(30-5-2)18(12-13)28-3/h6-12H,4-5H2,1-3H3,(H,24,26,31)/b16-10-. The van der Waals surface area contributed by atoms with Crippen molar-refractivity contribution >= 4 is 63.5 Å². The summed E-state index contributed by atoms with van der Waals surface area (Å²) in [5.74, 6) is 0.742. The van der Waals surface area contributed by atoms with E-state index in [1.807, 2.05) is 19.9 Å². The zero-order valence-corrected chi connectivity index (χ0v) is 20.2. The van der Waals surface area contributed by atoms with Crippen LogP contribution >= 0.6 is 34.8 Å². The van der Waals surface area contributed by atoms with Crippen LogP contribution in [0.15, 0.2) is 42.0 Å². The zero-order chi connectivity index (χ0) is 22.5. The van der Waals surface area contributed by atoms with E-state index in [-0.39, 0.29) is 10.7 Å². The number of hydrogen-bond donors (Lipinski definition) is 1. The Bertz CT molecular complexity index is 1050. The molecule has 0 bridgehead atoms. The van der Waals surface area contributed by atoms with Crippen molar-refractivity contribution in [3.63, 3.8) is 0 Å². The van der Waals surface area contributed by atoms with Crippen LogP contribution in [0, 0.1) is 3.57 Å². The highest BCUT2D eigenvalue weighted by Gasteiger charge is 2.34. The molecule has 7 nitrogen and oxygen atoms in total. The van der Waals surface area contributed by atoms with E-state index in [9.17, 15) is 9.59 Å². The van der Waals surface area contributed by atoms with Crippen molar-refractivity contribution in [2.75, 3.05) is 25.2 Å². The molecule has 0 unspecified atom stereocenters. The third-order valence-electron chi connectivity index (χ3n) is 4.36. The van der Waals surface area contributed by atoms with Crippen LogP contribution in [-0.4, -0.2) is 37.3 Å². The third kappa shape index (κ3) is 4.99. The van der Waals surface area contributed by atoms with E-state index in [1.165, 1.54) is 18.1 Å². The fourth-order valence-corrected chi connectivity index (χ4v) is 4.09. The Balaban J connectivity index is 1.98. The number of nitrogens with zero attached hydrogens (tertiary/aromatic N) is 1. The van der Waals surface area contributed by atoms with E-state index >= 15 is 0 Å². The third-order valence-corrected chi connectivity index (χ3v) is 5.44. The van der Waals surface area contributed by atoms with Crippen molar-refractivity contribution in [1.82, 2.24) is 5.32 Å². The smallest absolute Gasteiger partial charge is 0.270 e. The summed E-state index contributed by atoms with van der Waals surface area (Å²) in [5.41, 5.74) is 1.12. The number of amides is 2. The van der Waals surface area contributed by atoms with Gasteiger partial charge in [0.05, 0.1) is 29.6 Å². The number of hydrogen-bond acceptors (Lipinski definition) is 6. The molecule has 2 amide bonds. The highest BCUT2D eigenvalue weighted by Crippen LogP contribution is 2.35. The minimum absolute atomic E-state index is 0.0233. The molecule has 0 aromatic heterocycles. The van der Waals surface area contributed by atoms with Gasteiger partial charge in [0.2, 0.25) is 0 Å². The van der Waals surface area contributed by atoms with Gasteiger partial charge in [-0.15, -0.1) is 0 Å². The van der Waals surface area contributed by atoms with E-state index in [4.69, 9.17) is 26.4 Å². The molecule has 1 saturated heterocycles. The summed E-state index contributed by atoms with van der Waals surface area (Å²) in [6, 6.07) is 10.5. The van der Waals surface area contributed by atoms with Gasteiger partial charge >= 0.3 is 0 Å². The van der Waals surface area contributed by atoms with Crippen molar-refractivity contribution < 1.29 is 23.8 Å². The maximum Gasteiger partial charge on any atom is 0.270 e. The Morgan fingerprint density at radius 2 is 1.77 bits per heavy atom. The molecule has 1 fully saturated rings. The summed E-state index contributed by atoms with van der Waals surface area (Å²) in [6.07, 6.45) is 1.52. The molecule has 31 heavy (non-hydrogen) atoms. The number of methoxy groups -OCH3 is 1. The Morgan fingerprint density at radius 3 is 2.39 bits per heavy atom. The molecule has 0 atom stereocenters. The topological polar surface area (TPSA) is 77.1 Å². The Morgan fingerprint density at radius 1 is 1.10 bits per heavy atom. The first-order chi connectivity index (χ1) is 14.9. The SMILES string of the molecule is CCOc1ccc(N2C(=O)/C(=C\c3cc(I)c(OCC)c(OC)c3)C(=O)NC2=S)cc1. The second-order valence-corrected chi connectivity index (χ2v) is 7.90. The van der Waals surface area contributed by atoms with Crippen molar-refractivity contribution in [3.05, 3.63) is 51.1 Å². The van der Waals surface area contributed by atoms with E-state index < -0.39 is 11.8 Å². The predicted molar refractivity (Wildman–Crippen MR) is 131 cm³/mol. The lowest BCUT2D eigenvalue weighted by molar-refractivity contribution is -0.122. The first-order valence-corrected chi connectivity index (χ1v) is 11.0. The van der Waals surface area contributed by atoms with Gasteiger partial charge < -0.3 is 14.2 Å². The molecule has 2 aromatic rings. The van der Waals surface area contributed by atoms with Gasteiger partial charge in [-0.3, -0.25) is 19.8 Å². The van der Waals surface area contributed by atoms with Gasteiger partial charge in [-0.1, -0.05) is 0 Å². The van der Waals surface area contributed by atoms with Crippen LogP contribution in [0.25, 0.3) is 6.08 Å². The van der Waals surface area contributed by atoms with Crippen LogP contribution in [0.2, 0.25) is 0 Å². The van der Waals surface area contributed by atoms with E-state index in [0.29, 0.717) is 41.7 Å². The van der Waals surface area contributed by atoms with Gasteiger partial charge in [0, 0.05) is 0 Å². The fraction of sp³-hybridized carbons (Fsp3) is 0.227. The average Bonchev–Trinajstić information content (AvgIpc) is 2.74. The van der Waals surface area contributed by atoms with Crippen LogP contribution < -0.4 is 24.4 Å². The van der Waals surface area contributed by atoms with E-state index in [1.54, 1.807) is 30.3 Å². The van der Waals surface area contributed by atoms with Crippen LogP contribution in [0.4, 0.5) is 5.69 Å². The summed E-state index contributed by atoms with van der Waals surface area (Å²) in [4.78, 5) is 27.0. The molecule has 162 valence electrons. The average molecular weight is 552 g/mol. The second kappa shape index (κ2) is 10.1. The maximum atomic E-state index is 13.2. The largest absolute Gasteiger partial charge is 0.494 e. The molecule has 0 saturated carbocycles. The van der Waals surface area contributed by atoms with Crippen molar-refractivity contribution in [1.29, 1.82) is 0 Å². The predicted octanol–water partition coefficient (Wildman–Crippen LogP) is 3.93. The van der Waals surface area contributed by atoms with Crippen LogP contribution in [-0.2, 0) is 9.59 Å². The first kappa shape index (κ1) is 23.0. The molecule has 9 heteroatoms. The number of carbonyl (C=O) groups is 2. The Kier molecular flexibility index (Phi) is 7.50. The Labute approximate surface area is 199 Å². The monoisotopic (exact) mass is 552 g/mol. The summed E-state index contributed by atoms with van der Waals surface area (Å²) in [6.45, 7) is 4.80. The number of thiocarbonyl (C=S) groups is 1. The van der Waals surface area contributed by atoms with Crippen LogP contribution in [0.1, 0.15) is 19.4 Å². The lowest BCUT2D eigenvalue weighted by Crippen LogP contribution is -2.54. The number of nitrogens with one attached hydrogen (secondary N) is 1. The fourth-order valence-electron chi connectivity index (χ4n) is 3.02. The molecule has 1 heterocycles. The lowest BCUT2D eigenvalue weighted by Gasteiger charge is -2.29. The number of benzene rings is 2. The minimum atomic E-state index is -0.556. The summed E-state index contributed by atoms with van der Waals surface area (Å²) in [5, 5.41) is 2.61. The van der Waals surface area contributed by atoms with E-state index in [0.717, 1.165) is 3.57 Å². The summed E-state index contributed by atoms with van der Waals surface area (Å²) < 4.78 is 17.3. The Hall–Kier alpha value is -2.66. The number of rotatable bonds is 7. The number of halogens is 1. The first-order valence-electron chi connectivity index (χ1n) is 9.54. The van der Waals surface area contributed by atoms with Gasteiger partial charge in [0.15, 0.2) is 16.6 Å².